The van der Waals surface area contributed by atoms with Gasteiger partial charge in [0.1, 0.15) is 4.90 Å². The topological polar surface area (TPSA) is 63.7 Å². The molecule has 0 aliphatic carbocycles. The lowest BCUT2D eigenvalue weighted by molar-refractivity contribution is -0.143. The van der Waals surface area contributed by atoms with Crippen LogP contribution >= 0.6 is 11.6 Å². The Morgan fingerprint density at radius 2 is 2.05 bits per heavy atom. The number of hydrogen-bond acceptors (Lipinski definition) is 4. The van der Waals surface area contributed by atoms with Crippen molar-refractivity contribution in [1.82, 2.24) is 4.31 Å². The summed E-state index contributed by atoms with van der Waals surface area (Å²) in [6, 6.07) is 4.74. The molecule has 0 bridgehead atoms. The molecule has 0 unspecified atom stereocenters. The van der Waals surface area contributed by atoms with E-state index in [-0.39, 0.29) is 29.5 Å². The zero-order chi connectivity index (χ0) is 15.3. The average Bonchev–Trinajstić information content (AvgIpc) is 2.35. The number of hydrogen-bond donors (Lipinski definition) is 0. The van der Waals surface area contributed by atoms with Crippen LogP contribution in [0.25, 0.3) is 0 Å². The number of esters is 1. The summed E-state index contributed by atoms with van der Waals surface area (Å²) >= 11 is 5.97. The highest BCUT2D eigenvalue weighted by Crippen LogP contribution is 2.25. The molecule has 0 saturated carbocycles. The SMILES string of the molecule is CCOC(=O)CCN(C)S(=O)(=O)c1ccc(C)cc1Cl. The fourth-order valence-corrected chi connectivity index (χ4v) is 3.33. The molecule has 7 heteroatoms. The largest absolute Gasteiger partial charge is 0.466 e. The second kappa shape index (κ2) is 7.06. The van der Waals surface area contributed by atoms with Gasteiger partial charge in [0.2, 0.25) is 10.0 Å². The minimum Gasteiger partial charge on any atom is -0.466 e. The maximum absolute atomic E-state index is 12.3. The van der Waals surface area contributed by atoms with E-state index in [9.17, 15) is 13.2 Å². The fourth-order valence-electron chi connectivity index (χ4n) is 1.59. The summed E-state index contributed by atoms with van der Waals surface area (Å²) in [6.45, 7) is 3.85. The van der Waals surface area contributed by atoms with Gasteiger partial charge in [0.15, 0.2) is 0 Å². The number of halogens is 1. The van der Waals surface area contributed by atoms with Gasteiger partial charge in [-0.15, -0.1) is 0 Å². The van der Waals surface area contributed by atoms with Crippen molar-refractivity contribution in [1.29, 1.82) is 0 Å². The quantitative estimate of drug-likeness (QED) is 0.754. The second-order valence-corrected chi connectivity index (χ2v) is 6.74. The van der Waals surface area contributed by atoms with Crippen LogP contribution in [0.15, 0.2) is 23.1 Å². The highest BCUT2D eigenvalue weighted by atomic mass is 35.5. The summed E-state index contributed by atoms with van der Waals surface area (Å²) < 4.78 is 30.5. The number of aryl methyl sites for hydroxylation is 1. The van der Waals surface area contributed by atoms with Crippen LogP contribution in [-0.4, -0.2) is 38.9 Å². The van der Waals surface area contributed by atoms with Crippen molar-refractivity contribution < 1.29 is 17.9 Å². The van der Waals surface area contributed by atoms with Crippen molar-refractivity contribution in [2.24, 2.45) is 0 Å². The van der Waals surface area contributed by atoms with E-state index in [4.69, 9.17) is 16.3 Å². The van der Waals surface area contributed by atoms with E-state index < -0.39 is 16.0 Å². The maximum atomic E-state index is 12.3. The van der Waals surface area contributed by atoms with Crippen molar-refractivity contribution in [2.45, 2.75) is 25.2 Å². The monoisotopic (exact) mass is 319 g/mol. The van der Waals surface area contributed by atoms with Gasteiger partial charge >= 0.3 is 5.97 Å². The van der Waals surface area contributed by atoms with Crippen molar-refractivity contribution in [3.63, 3.8) is 0 Å². The van der Waals surface area contributed by atoms with E-state index in [1.165, 1.54) is 13.1 Å². The van der Waals surface area contributed by atoms with E-state index >= 15 is 0 Å². The van der Waals surface area contributed by atoms with E-state index in [1.54, 1.807) is 19.1 Å². The highest BCUT2D eigenvalue weighted by Gasteiger charge is 2.24. The third-order valence-corrected chi connectivity index (χ3v) is 5.05. The Labute approximate surface area is 124 Å². The summed E-state index contributed by atoms with van der Waals surface area (Å²) in [7, 11) is -2.30. The number of carbonyl (C=O) groups is 1. The lowest BCUT2D eigenvalue weighted by Gasteiger charge is -2.17. The standard InChI is InChI=1S/C13H18ClNO4S/c1-4-19-13(16)7-8-15(3)20(17,18)12-6-5-10(2)9-11(12)14/h5-6,9H,4,7-8H2,1-3H3. The minimum atomic E-state index is -3.70. The highest BCUT2D eigenvalue weighted by molar-refractivity contribution is 7.89. The molecule has 0 heterocycles. The molecule has 0 aromatic heterocycles. The van der Waals surface area contributed by atoms with Crippen molar-refractivity contribution in [3.8, 4) is 0 Å². The number of benzene rings is 1. The summed E-state index contributed by atoms with van der Waals surface area (Å²) in [6.07, 6.45) is 0.00699. The predicted octanol–water partition coefficient (Wildman–Crippen LogP) is 2.22. The predicted molar refractivity (Wildman–Crippen MR) is 77.3 cm³/mol. The van der Waals surface area contributed by atoms with Gasteiger partial charge in [-0.05, 0) is 31.5 Å². The van der Waals surface area contributed by atoms with Gasteiger partial charge in [-0.2, -0.15) is 0 Å². The smallest absolute Gasteiger partial charge is 0.307 e. The van der Waals surface area contributed by atoms with Gasteiger partial charge < -0.3 is 4.74 Å². The molecule has 0 radical (unpaired) electrons. The van der Waals surface area contributed by atoms with Crippen molar-refractivity contribution >= 4 is 27.6 Å². The van der Waals surface area contributed by atoms with Crippen molar-refractivity contribution in [2.75, 3.05) is 20.2 Å². The molecule has 1 aromatic carbocycles. The first-order valence-electron chi connectivity index (χ1n) is 6.17. The first-order chi connectivity index (χ1) is 9.28. The maximum Gasteiger partial charge on any atom is 0.307 e. The van der Waals surface area contributed by atoms with Gasteiger partial charge in [-0.3, -0.25) is 4.79 Å². The molecular weight excluding hydrogens is 302 g/mol. The van der Waals surface area contributed by atoms with Crippen LogP contribution in [0.2, 0.25) is 5.02 Å². The third kappa shape index (κ3) is 4.19. The zero-order valence-corrected chi connectivity index (χ0v) is 13.3. The van der Waals surface area contributed by atoms with E-state index in [1.807, 2.05) is 6.92 Å². The summed E-state index contributed by atoms with van der Waals surface area (Å²) in [4.78, 5) is 11.3. The molecule has 0 aliphatic heterocycles. The van der Waals surface area contributed by atoms with Crippen LogP contribution in [0.1, 0.15) is 18.9 Å². The van der Waals surface area contributed by atoms with Crippen molar-refractivity contribution in [3.05, 3.63) is 28.8 Å². The van der Waals surface area contributed by atoms with Crippen LogP contribution in [0.3, 0.4) is 0 Å². The number of rotatable bonds is 6. The molecule has 20 heavy (non-hydrogen) atoms. The Morgan fingerprint density at radius 1 is 1.40 bits per heavy atom. The van der Waals surface area contributed by atoms with Gasteiger partial charge in [-0.25, -0.2) is 12.7 Å². The molecular formula is C13H18ClNO4S. The zero-order valence-electron chi connectivity index (χ0n) is 11.7. The summed E-state index contributed by atoms with van der Waals surface area (Å²) in [5, 5.41) is 0.174. The number of nitrogens with zero attached hydrogens (tertiary/aromatic N) is 1. The molecule has 1 aromatic rings. The van der Waals surface area contributed by atoms with Crippen LogP contribution in [0.4, 0.5) is 0 Å². The Balaban J connectivity index is 2.85. The molecule has 0 N–H and O–H groups in total. The normalized spacial score (nSPS) is 11.7. The van der Waals surface area contributed by atoms with Crippen LogP contribution in [0, 0.1) is 6.92 Å². The molecule has 0 aliphatic rings. The summed E-state index contributed by atoms with van der Waals surface area (Å²) in [5.74, 6) is -0.426. The molecule has 1 rings (SSSR count). The van der Waals surface area contributed by atoms with E-state index in [2.05, 4.69) is 0 Å². The van der Waals surface area contributed by atoms with Crippen LogP contribution in [-0.2, 0) is 19.6 Å². The minimum absolute atomic E-state index is 0.00699. The Kier molecular flexibility index (Phi) is 5.98. The Bertz CT molecular complexity index is 586. The van der Waals surface area contributed by atoms with Gasteiger partial charge in [0.05, 0.1) is 18.1 Å². The van der Waals surface area contributed by atoms with Gasteiger partial charge in [-0.1, -0.05) is 17.7 Å². The molecule has 0 atom stereocenters. The number of ether oxygens (including phenoxy) is 1. The molecule has 0 saturated heterocycles. The second-order valence-electron chi connectivity index (χ2n) is 4.32. The lowest BCUT2D eigenvalue weighted by atomic mass is 10.2. The molecule has 5 nitrogen and oxygen atoms in total. The first kappa shape index (κ1) is 16.9. The lowest BCUT2D eigenvalue weighted by Crippen LogP contribution is -2.29. The Morgan fingerprint density at radius 3 is 2.60 bits per heavy atom. The summed E-state index contributed by atoms with van der Waals surface area (Å²) in [5.41, 5.74) is 0.878. The fraction of sp³-hybridized carbons (Fsp3) is 0.462. The van der Waals surface area contributed by atoms with Crippen LogP contribution in [0.5, 0.6) is 0 Å². The molecule has 0 fully saturated rings. The van der Waals surface area contributed by atoms with E-state index in [0.717, 1.165) is 9.87 Å². The molecule has 0 amide bonds. The first-order valence-corrected chi connectivity index (χ1v) is 7.99. The Hall–Kier alpha value is -1.11. The van der Waals surface area contributed by atoms with Gasteiger partial charge in [0.25, 0.3) is 0 Å². The van der Waals surface area contributed by atoms with Gasteiger partial charge in [0, 0.05) is 13.6 Å². The molecule has 0 spiro atoms. The van der Waals surface area contributed by atoms with E-state index in [0.29, 0.717) is 0 Å². The number of carbonyl (C=O) groups excluding carboxylic acids is 1. The molecule has 112 valence electrons. The average molecular weight is 320 g/mol. The number of sulfonamides is 1. The third-order valence-electron chi connectivity index (χ3n) is 2.71. The van der Waals surface area contributed by atoms with Crippen LogP contribution < -0.4 is 0 Å².